The Morgan fingerprint density at radius 1 is 1.42 bits per heavy atom. The van der Waals surface area contributed by atoms with Crippen LogP contribution in [0.15, 0.2) is 29.0 Å². The molecule has 0 saturated carbocycles. The smallest absolute Gasteiger partial charge is 0.317 e. The van der Waals surface area contributed by atoms with E-state index in [1.54, 1.807) is 31.6 Å². The van der Waals surface area contributed by atoms with E-state index in [1.165, 1.54) is 4.90 Å². The second kappa shape index (κ2) is 8.24. The molecule has 9 heteroatoms. The average Bonchev–Trinajstić information content (AvgIpc) is 3.23. The standard InChI is InChI=1S/C17H24N6O3/c1-4-25-14-10-22(2)9-13(14)19-17(24)23(3)11-15-20-16(21-26-15)12-5-7-18-8-6-12/h5-8,13-14H,4,9-11H2,1-3H3,(H,19,24)/t13-,14-/m0/s1. The molecule has 0 spiro atoms. The molecule has 1 N–H and O–H groups in total. The molecular formula is C17H24N6O3. The summed E-state index contributed by atoms with van der Waals surface area (Å²) in [7, 11) is 3.71. The van der Waals surface area contributed by atoms with Crippen molar-refractivity contribution in [1.82, 2.24) is 30.2 Å². The monoisotopic (exact) mass is 360 g/mol. The maximum Gasteiger partial charge on any atom is 0.317 e. The molecule has 1 saturated heterocycles. The molecule has 0 unspecified atom stereocenters. The first-order valence-electron chi connectivity index (χ1n) is 8.61. The number of hydrogen-bond donors (Lipinski definition) is 1. The highest BCUT2D eigenvalue weighted by Crippen LogP contribution is 2.15. The van der Waals surface area contributed by atoms with E-state index in [1.807, 2.05) is 14.0 Å². The van der Waals surface area contributed by atoms with Crippen LogP contribution in [-0.4, -0.2) is 76.9 Å². The lowest BCUT2D eigenvalue weighted by Crippen LogP contribution is -2.48. The van der Waals surface area contributed by atoms with Crippen molar-refractivity contribution in [2.75, 3.05) is 33.8 Å². The van der Waals surface area contributed by atoms with Crippen LogP contribution in [0.2, 0.25) is 0 Å². The number of pyridine rings is 1. The Bertz CT molecular complexity index is 722. The van der Waals surface area contributed by atoms with Crippen molar-refractivity contribution in [1.29, 1.82) is 0 Å². The zero-order chi connectivity index (χ0) is 18.5. The average molecular weight is 360 g/mol. The van der Waals surface area contributed by atoms with Crippen LogP contribution in [0.4, 0.5) is 4.79 Å². The Balaban J connectivity index is 1.57. The molecular weight excluding hydrogens is 336 g/mol. The molecule has 0 bridgehead atoms. The lowest BCUT2D eigenvalue weighted by molar-refractivity contribution is 0.0551. The molecule has 0 aromatic carbocycles. The van der Waals surface area contributed by atoms with E-state index in [2.05, 4.69) is 25.3 Å². The largest absolute Gasteiger partial charge is 0.375 e. The van der Waals surface area contributed by atoms with Gasteiger partial charge in [-0.2, -0.15) is 4.98 Å². The van der Waals surface area contributed by atoms with Crippen LogP contribution in [0.25, 0.3) is 11.4 Å². The summed E-state index contributed by atoms with van der Waals surface area (Å²) >= 11 is 0. The number of carbonyl (C=O) groups excluding carboxylic acids is 1. The lowest BCUT2D eigenvalue weighted by atomic mass is 10.2. The molecule has 3 heterocycles. The van der Waals surface area contributed by atoms with Gasteiger partial charge in [0.2, 0.25) is 11.7 Å². The molecule has 140 valence electrons. The first-order chi connectivity index (χ1) is 12.6. The molecule has 2 aromatic heterocycles. The number of aromatic nitrogens is 3. The summed E-state index contributed by atoms with van der Waals surface area (Å²) in [6.45, 7) is 4.38. The summed E-state index contributed by atoms with van der Waals surface area (Å²) in [6.07, 6.45) is 3.33. The SMILES string of the molecule is CCO[C@H]1CN(C)C[C@@H]1NC(=O)N(C)Cc1nc(-c2ccncc2)no1. The molecule has 1 fully saturated rings. The number of carbonyl (C=O) groups is 1. The third-order valence-corrected chi connectivity index (χ3v) is 4.26. The van der Waals surface area contributed by atoms with Crippen LogP contribution >= 0.6 is 0 Å². The Morgan fingerprint density at radius 2 is 2.19 bits per heavy atom. The highest BCUT2D eigenvalue weighted by Gasteiger charge is 2.33. The zero-order valence-electron chi connectivity index (χ0n) is 15.3. The Kier molecular flexibility index (Phi) is 5.79. The van der Waals surface area contributed by atoms with Crippen molar-refractivity contribution in [2.24, 2.45) is 0 Å². The lowest BCUT2D eigenvalue weighted by Gasteiger charge is -2.23. The normalized spacial score (nSPS) is 20.3. The molecule has 0 radical (unpaired) electrons. The summed E-state index contributed by atoms with van der Waals surface area (Å²) < 4.78 is 11.0. The van der Waals surface area contributed by atoms with Gasteiger partial charge in [0, 0.05) is 44.7 Å². The van der Waals surface area contributed by atoms with Gasteiger partial charge < -0.3 is 24.4 Å². The van der Waals surface area contributed by atoms with Crippen molar-refractivity contribution in [2.45, 2.75) is 25.6 Å². The van der Waals surface area contributed by atoms with Gasteiger partial charge in [0.15, 0.2) is 0 Å². The number of nitrogens with one attached hydrogen (secondary N) is 1. The number of urea groups is 1. The quantitative estimate of drug-likeness (QED) is 0.820. The van der Waals surface area contributed by atoms with Gasteiger partial charge in [-0.25, -0.2) is 4.79 Å². The first-order valence-corrected chi connectivity index (χ1v) is 8.61. The summed E-state index contributed by atoms with van der Waals surface area (Å²) in [5.74, 6) is 0.851. The van der Waals surface area contributed by atoms with Gasteiger partial charge >= 0.3 is 6.03 Å². The Hall–Kier alpha value is -2.52. The molecule has 2 aromatic rings. The summed E-state index contributed by atoms with van der Waals surface area (Å²) in [4.78, 5) is 24.4. The van der Waals surface area contributed by atoms with Gasteiger partial charge in [-0.05, 0) is 26.1 Å². The van der Waals surface area contributed by atoms with Gasteiger partial charge in [0.25, 0.3) is 0 Å². The van der Waals surface area contributed by atoms with Gasteiger partial charge in [-0.15, -0.1) is 0 Å². The van der Waals surface area contributed by atoms with E-state index < -0.39 is 0 Å². The van der Waals surface area contributed by atoms with Crippen molar-refractivity contribution >= 4 is 6.03 Å². The van der Waals surface area contributed by atoms with Crippen LogP contribution < -0.4 is 5.32 Å². The fourth-order valence-corrected chi connectivity index (χ4v) is 2.96. The minimum Gasteiger partial charge on any atom is -0.375 e. The Morgan fingerprint density at radius 3 is 2.92 bits per heavy atom. The fourth-order valence-electron chi connectivity index (χ4n) is 2.96. The minimum atomic E-state index is -0.196. The van der Waals surface area contributed by atoms with Gasteiger partial charge in [0.05, 0.1) is 12.1 Å². The number of rotatable bonds is 6. The molecule has 2 atom stereocenters. The summed E-state index contributed by atoms with van der Waals surface area (Å²) in [5.41, 5.74) is 0.815. The number of ether oxygens (including phenoxy) is 1. The van der Waals surface area contributed by atoms with Gasteiger partial charge in [-0.1, -0.05) is 5.16 Å². The predicted molar refractivity (Wildman–Crippen MR) is 94.2 cm³/mol. The van der Waals surface area contributed by atoms with E-state index in [-0.39, 0.29) is 24.7 Å². The van der Waals surface area contributed by atoms with Crippen LogP contribution in [0.5, 0.6) is 0 Å². The number of nitrogens with zero attached hydrogens (tertiary/aromatic N) is 5. The van der Waals surface area contributed by atoms with Crippen LogP contribution in [-0.2, 0) is 11.3 Å². The highest BCUT2D eigenvalue weighted by molar-refractivity contribution is 5.74. The number of likely N-dealkylation sites (N-methyl/N-ethyl adjacent to an activating group) is 1. The van der Waals surface area contributed by atoms with E-state index in [0.29, 0.717) is 18.3 Å². The second-order valence-corrected chi connectivity index (χ2v) is 6.37. The summed E-state index contributed by atoms with van der Waals surface area (Å²) in [5, 5.41) is 6.97. The molecule has 2 amide bonds. The third kappa shape index (κ3) is 4.36. The van der Waals surface area contributed by atoms with Crippen LogP contribution in [0.3, 0.4) is 0 Å². The van der Waals surface area contributed by atoms with Crippen molar-refractivity contribution in [3.63, 3.8) is 0 Å². The second-order valence-electron chi connectivity index (χ2n) is 6.37. The van der Waals surface area contributed by atoms with Crippen molar-refractivity contribution in [3.05, 3.63) is 30.4 Å². The van der Waals surface area contributed by atoms with Crippen molar-refractivity contribution < 1.29 is 14.1 Å². The molecule has 3 rings (SSSR count). The minimum absolute atomic E-state index is 0.00375. The fraction of sp³-hybridized carbons (Fsp3) is 0.529. The maximum absolute atomic E-state index is 12.5. The number of likely N-dealkylation sites (tertiary alicyclic amines) is 1. The van der Waals surface area contributed by atoms with E-state index in [0.717, 1.165) is 18.7 Å². The highest BCUT2D eigenvalue weighted by atomic mass is 16.5. The third-order valence-electron chi connectivity index (χ3n) is 4.26. The van der Waals surface area contributed by atoms with Crippen LogP contribution in [0, 0.1) is 0 Å². The van der Waals surface area contributed by atoms with E-state index >= 15 is 0 Å². The molecule has 26 heavy (non-hydrogen) atoms. The van der Waals surface area contributed by atoms with Crippen molar-refractivity contribution in [3.8, 4) is 11.4 Å². The number of amides is 2. The Labute approximate surface area is 152 Å². The topological polar surface area (TPSA) is 96.6 Å². The van der Waals surface area contributed by atoms with Crippen LogP contribution in [0.1, 0.15) is 12.8 Å². The van der Waals surface area contributed by atoms with Gasteiger partial charge in [0.1, 0.15) is 6.54 Å². The number of hydrogen-bond acceptors (Lipinski definition) is 7. The summed E-state index contributed by atoms with van der Waals surface area (Å²) in [6, 6.07) is 3.37. The molecule has 0 aliphatic carbocycles. The van der Waals surface area contributed by atoms with E-state index in [4.69, 9.17) is 9.26 Å². The molecule has 1 aliphatic rings. The predicted octanol–water partition coefficient (Wildman–Crippen LogP) is 0.992. The molecule has 9 nitrogen and oxygen atoms in total. The molecule has 1 aliphatic heterocycles. The van der Waals surface area contributed by atoms with Gasteiger partial charge in [-0.3, -0.25) is 4.98 Å². The first kappa shape index (κ1) is 18.3. The zero-order valence-corrected chi connectivity index (χ0v) is 15.3. The maximum atomic E-state index is 12.5. The van der Waals surface area contributed by atoms with E-state index in [9.17, 15) is 4.79 Å².